The molecular weight excluding hydrogens is 278 g/mol. The van der Waals surface area contributed by atoms with Gasteiger partial charge in [0, 0.05) is 5.02 Å². The van der Waals surface area contributed by atoms with Crippen LogP contribution in [-0.2, 0) is 18.3 Å². The molecule has 3 rings (SSSR count). The minimum Gasteiger partial charge on any atom is -0.204 e. The van der Waals surface area contributed by atoms with Crippen molar-refractivity contribution in [3.63, 3.8) is 0 Å². The van der Waals surface area contributed by atoms with E-state index in [1.165, 1.54) is 12.1 Å². The molecule has 0 amide bonds. The summed E-state index contributed by atoms with van der Waals surface area (Å²) in [5.41, 5.74) is 2.69. The van der Waals surface area contributed by atoms with E-state index >= 15 is 0 Å². The van der Waals surface area contributed by atoms with Crippen molar-refractivity contribution in [1.82, 2.24) is 0 Å². The highest BCUT2D eigenvalue weighted by molar-refractivity contribution is 6.31. The van der Waals surface area contributed by atoms with Gasteiger partial charge in [-0.2, -0.15) is 0 Å². The maximum absolute atomic E-state index is 13.5. The fraction of sp³-hybridized carbons (Fsp3) is 0.294. The zero-order chi connectivity index (χ0) is 14.3. The highest BCUT2D eigenvalue weighted by atomic mass is 35.5. The summed E-state index contributed by atoms with van der Waals surface area (Å²) in [4.78, 5) is 0. The molecule has 0 bridgehead atoms. The Hall–Kier alpha value is -1.41. The molecule has 0 fully saturated rings. The smallest absolute Gasteiger partial charge is 0.159 e. The van der Waals surface area contributed by atoms with E-state index in [9.17, 15) is 8.78 Å². The highest BCUT2D eigenvalue weighted by Gasteiger charge is 2.35. The maximum Gasteiger partial charge on any atom is 0.159 e. The number of rotatable bonds is 2. The monoisotopic (exact) mass is 292 g/mol. The molecule has 0 aliphatic heterocycles. The second-order valence-electron chi connectivity index (χ2n) is 5.75. The number of benzene rings is 2. The Morgan fingerprint density at radius 1 is 1.15 bits per heavy atom. The molecule has 0 saturated carbocycles. The lowest BCUT2D eigenvalue weighted by atomic mass is 9.78. The van der Waals surface area contributed by atoms with Crippen molar-refractivity contribution in [2.24, 2.45) is 0 Å². The molecule has 0 spiro atoms. The number of fused-ring (bicyclic) bond motifs is 1. The van der Waals surface area contributed by atoms with Gasteiger partial charge in [-0.3, -0.25) is 0 Å². The van der Waals surface area contributed by atoms with Gasteiger partial charge in [-0.05, 0) is 59.6 Å². The van der Waals surface area contributed by atoms with Gasteiger partial charge < -0.3 is 0 Å². The van der Waals surface area contributed by atoms with E-state index in [-0.39, 0.29) is 5.41 Å². The minimum absolute atomic E-state index is 0.186. The maximum atomic E-state index is 13.5. The molecular formula is C17H15ClF2. The van der Waals surface area contributed by atoms with Crippen LogP contribution < -0.4 is 0 Å². The lowest BCUT2D eigenvalue weighted by Gasteiger charge is -2.26. The van der Waals surface area contributed by atoms with Crippen molar-refractivity contribution in [1.29, 1.82) is 0 Å². The standard InChI is InChI=1S/C17H15ClF2/c1-17(10-12-4-2-3-5-14(12)18)7-6-11-8-15(19)16(20)9-13(11)17/h2-5,8-9H,6-7,10H2,1H3. The van der Waals surface area contributed by atoms with Crippen LogP contribution in [-0.4, -0.2) is 0 Å². The van der Waals surface area contributed by atoms with Crippen molar-refractivity contribution in [3.05, 3.63) is 69.7 Å². The molecule has 1 unspecified atom stereocenters. The molecule has 20 heavy (non-hydrogen) atoms. The zero-order valence-electron chi connectivity index (χ0n) is 11.2. The van der Waals surface area contributed by atoms with Gasteiger partial charge in [0.05, 0.1) is 0 Å². The van der Waals surface area contributed by atoms with Crippen LogP contribution >= 0.6 is 11.6 Å². The molecule has 1 aliphatic rings. The van der Waals surface area contributed by atoms with Crippen LogP contribution in [0.5, 0.6) is 0 Å². The largest absolute Gasteiger partial charge is 0.204 e. The molecule has 0 saturated heterocycles. The van der Waals surface area contributed by atoms with Gasteiger partial charge in [-0.1, -0.05) is 36.7 Å². The first-order valence-corrected chi connectivity index (χ1v) is 7.09. The van der Waals surface area contributed by atoms with Crippen LogP contribution in [0.2, 0.25) is 5.02 Å². The summed E-state index contributed by atoms with van der Waals surface area (Å²) in [6.07, 6.45) is 2.41. The second kappa shape index (κ2) is 4.85. The van der Waals surface area contributed by atoms with Crippen LogP contribution in [0.15, 0.2) is 36.4 Å². The first kappa shape index (κ1) is 13.6. The van der Waals surface area contributed by atoms with Crippen molar-refractivity contribution >= 4 is 11.6 Å². The number of hydrogen-bond acceptors (Lipinski definition) is 0. The van der Waals surface area contributed by atoms with Gasteiger partial charge in [-0.25, -0.2) is 8.78 Å². The van der Waals surface area contributed by atoms with Crippen LogP contribution in [0, 0.1) is 11.6 Å². The van der Waals surface area contributed by atoms with Crippen LogP contribution in [0.1, 0.15) is 30.0 Å². The van der Waals surface area contributed by atoms with Crippen LogP contribution in [0.4, 0.5) is 8.78 Å². The average molecular weight is 293 g/mol. The summed E-state index contributed by atoms with van der Waals surface area (Å²) in [5.74, 6) is -1.53. The molecule has 104 valence electrons. The third-order valence-corrected chi connectivity index (χ3v) is 4.65. The summed E-state index contributed by atoms with van der Waals surface area (Å²) in [6.45, 7) is 2.10. The summed E-state index contributed by atoms with van der Waals surface area (Å²) >= 11 is 6.21. The van der Waals surface area contributed by atoms with E-state index in [0.29, 0.717) is 0 Å². The summed E-state index contributed by atoms with van der Waals surface area (Å²) in [6, 6.07) is 10.4. The molecule has 2 aromatic carbocycles. The number of hydrogen-bond donors (Lipinski definition) is 0. The van der Waals surface area contributed by atoms with E-state index in [1.807, 2.05) is 24.3 Å². The molecule has 0 heterocycles. The fourth-order valence-corrected chi connectivity index (χ4v) is 3.35. The van der Waals surface area contributed by atoms with E-state index < -0.39 is 11.6 Å². The summed E-state index contributed by atoms with van der Waals surface area (Å²) < 4.78 is 26.9. The molecule has 1 aliphatic carbocycles. The van der Waals surface area contributed by atoms with E-state index in [0.717, 1.165) is 41.0 Å². The molecule has 0 nitrogen and oxygen atoms in total. The zero-order valence-corrected chi connectivity index (χ0v) is 12.0. The quantitative estimate of drug-likeness (QED) is 0.725. The molecule has 1 atom stereocenters. The van der Waals surface area contributed by atoms with Crippen LogP contribution in [0.3, 0.4) is 0 Å². The predicted molar refractivity (Wildman–Crippen MR) is 77.2 cm³/mol. The van der Waals surface area contributed by atoms with E-state index in [4.69, 9.17) is 11.6 Å². The van der Waals surface area contributed by atoms with Gasteiger partial charge in [0.2, 0.25) is 0 Å². The minimum atomic E-state index is -0.768. The Balaban J connectivity index is 2.00. The van der Waals surface area contributed by atoms with Crippen molar-refractivity contribution in [2.45, 2.75) is 31.6 Å². The van der Waals surface area contributed by atoms with Crippen molar-refractivity contribution in [2.75, 3.05) is 0 Å². The summed E-state index contributed by atoms with van der Waals surface area (Å²) in [7, 11) is 0. The SMILES string of the molecule is CC1(Cc2ccccc2Cl)CCc2cc(F)c(F)cc21. The molecule has 3 heteroatoms. The van der Waals surface area contributed by atoms with E-state index in [2.05, 4.69) is 6.92 Å². The summed E-state index contributed by atoms with van der Waals surface area (Å²) in [5, 5.41) is 0.727. The first-order chi connectivity index (χ1) is 9.49. The van der Waals surface area contributed by atoms with Gasteiger partial charge in [0.1, 0.15) is 0 Å². The van der Waals surface area contributed by atoms with E-state index in [1.54, 1.807) is 0 Å². The molecule has 0 radical (unpaired) electrons. The van der Waals surface area contributed by atoms with Gasteiger partial charge in [-0.15, -0.1) is 0 Å². The normalized spacial score (nSPS) is 21.0. The Kier molecular flexibility index (Phi) is 3.29. The topological polar surface area (TPSA) is 0 Å². The second-order valence-corrected chi connectivity index (χ2v) is 6.16. The Labute approximate surface area is 122 Å². The Bertz CT molecular complexity index is 666. The van der Waals surface area contributed by atoms with Gasteiger partial charge in [0.15, 0.2) is 11.6 Å². The lowest BCUT2D eigenvalue weighted by molar-refractivity contribution is 0.459. The third-order valence-electron chi connectivity index (χ3n) is 4.28. The van der Waals surface area contributed by atoms with Gasteiger partial charge in [0.25, 0.3) is 0 Å². The molecule has 2 aromatic rings. The lowest BCUT2D eigenvalue weighted by Crippen LogP contribution is -2.22. The highest BCUT2D eigenvalue weighted by Crippen LogP contribution is 2.42. The fourth-order valence-electron chi connectivity index (χ4n) is 3.15. The predicted octanol–water partition coefficient (Wildman–Crippen LogP) is 5.06. The molecule has 0 aromatic heterocycles. The average Bonchev–Trinajstić information content (AvgIpc) is 2.71. The Morgan fingerprint density at radius 3 is 2.60 bits per heavy atom. The third kappa shape index (κ3) is 2.22. The number of halogens is 3. The molecule has 0 N–H and O–H groups in total. The Morgan fingerprint density at radius 2 is 1.85 bits per heavy atom. The van der Waals surface area contributed by atoms with Crippen LogP contribution in [0.25, 0.3) is 0 Å². The number of aryl methyl sites for hydroxylation is 1. The van der Waals surface area contributed by atoms with Gasteiger partial charge >= 0.3 is 0 Å². The van der Waals surface area contributed by atoms with Crippen molar-refractivity contribution < 1.29 is 8.78 Å². The first-order valence-electron chi connectivity index (χ1n) is 6.71. The van der Waals surface area contributed by atoms with Crippen molar-refractivity contribution in [3.8, 4) is 0 Å².